The van der Waals surface area contributed by atoms with E-state index in [2.05, 4.69) is 58.7 Å². The Morgan fingerprint density at radius 1 is 1.05 bits per heavy atom. The summed E-state index contributed by atoms with van der Waals surface area (Å²) in [7, 11) is 0. The summed E-state index contributed by atoms with van der Waals surface area (Å²) >= 11 is 0. The number of fused-ring (bicyclic) bond motifs is 1. The molecule has 0 bridgehead atoms. The number of benzene rings is 1. The molecule has 0 amide bonds. The zero-order valence-electron chi connectivity index (χ0n) is 13.0. The van der Waals surface area contributed by atoms with Gasteiger partial charge >= 0.3 is 0 Å². The fraction of sp³-hybridized carbons (Fsp3) is 0.353. The monoisotopic (exact) mass is 280 g/mol. The van der Waals surface area contributed by atoms with Crippen LogP contribution in [0.3, 0.4) is 0 Å². The average molecular weight is 280 g/mol. The first-order valence-electron chi connectivity index (χ1n) is 7.37. The number of aromatic nitrogens is 4. The summed E-state index contributed by atoms with van der Waals surface area (Å²) in [6.45, 7) is 9.37. The van der Waals surface area contributed by atoms with Crippen molar-refractivity contribution in [2.45, 2.75) is 40.7 Å². The van der Waals surface area contributed by atoms with Gasteiger partial charge in [-0.1, -0.05) is 13.0 Å². The summed E-state index contributed by atoms with van der Waals surface area (Å²) in [6, 6.07) is 6.37. The molecule has 3 rings (SSSR count). The molecule has 21 heavy (non-hydrogen) atoms. The van der Waals surface area contributed by atoms with E-state index in [9.17, 15) is 0 Å². The van der Waals surface area contributed by atoms with Crippen LogP contribution in [0.15, 0.2) is 24.5 Å². The highest BCUT2D eigenvalue weighted by Crippen LogP contribution is 2.29. The molecule has 2 heterocycles. The minimum atomic E-state index is 0.961. The summed E-state index contributed by atoms with van der Waals surface area (Å²) in [5.41, 5.74) is 6.73. The van der Waals surface area contributed by atoms with Crippen LogP contribution >= 0.6 is 0 Å². The van der Waals surface area contributed by atoms with E-state index in [0.717, 1.165) is 35.3 Å². The molecule has 1 aromatic carbocycles. The van der Waals surface area contributed by atoms with Crippen molar-refractivity contribution in [3.63, 3.8) is 0 Å². The molecule has 108 valence electrons. The lowest BCUT2D eigenvalue weighted by Crippen LogP contribution is -2.01. The molecule has 0 unspecified atom stereocenters. The molecule has 0 aliphatic heterocycles. The van der Waals surface area contributed by atoms with Gasteiger partial charge in [-0.05, 0) is 44.9 Å². The van der Waals surface area contributed by atoms with Crippen molar-refractivity contribution >= 4 is 10.9 Å². The molecule has 2 aromatic heterocycles. The number of rotatable bonds is 3. The number of hydrogen-bond donors (Lipinski definition) is 0. The Hall–Kier alpha value is -2.23. The molecule has 0 aliphatic carbocycles. The summed E-state index contributed by atoms with van der Waals surface area (Å²) in [4.78, 5) is 8.61. The molecule has 0 atom stereocenters. The van der Waals surface area contributed by atoms with Crippen molar-refractivity contribution in [1.29, 1.82) is 0 Å². The van der Waals surface area contributed by atoms with Gasteiger partial charge in [-0.2, -0.15) is 5.10 Å². The van der Waals surface area contributed by atoms with Crippen LogP contribution in [0.2, 0.25) is 0 Å². The van der Waals surface area contributed by atoms with Gasteiger partial charge in [0.15, 0.2) is 0 Å². The van der Waals surface area contributed by atoms with Crippen LogP contribution in [-0.4, -0.2) is 19.7 Å². The minimum Gasteiger partial charge on any atom is -0.269 e. The van der Waals surface area contributed by atoms with Crippen molar-refractivity contribution in [2.75, 3.05) is 0 Å². The third kappa shape index (κ3) is 2.31. The van der Waals surface area contributed by atoms with E-state index in [1.54, 1.807) is 6.33 Å². The van der Waals surface area contributed by atoms with Gasteiger partial charge in [-0.15, -0.1) is 0 Å². The number of aryl methyl sites for hydroxylation is 3. The molecule has 0 spiro atoms. The van der Waals surface area contributed by atoms with Crippen LogP contribution < -0.4 is 0 Å². The van der Waals surface area contributed by atoms with E-state index in [1.165, 1.54) is 16.8 Å². The second-order valence-corrected chi connectivity index (χ2v) is 5.46. The summed E-state index contributed by atoms with van der Waals surface area (Å²) in [5, 5.41) is 5.77. The van der Waals surface area contributed by atoms with Crippen LogP contribution in [0, 0.1) is 20.8 Å². The topological polar surface area (TPSA) is 43.6 Å². The Balaban J connectivity index is 2.19. The predicted octanol–water partition coefficient (Wildman–Crippen LogP) is 3.83. The lowest BCUT2D eigenvalue weighted by Gasteiger charge is -2.06. The third-order valence-electron chi connectivity index (χ3n) is 3.94. The molecule has 4 heteroatoms. The zero-order chi connectivity index (χ0) is 15.0. The molecule has 0 aliphatic rings. The maximum absolute atomic E-state index is 4.66. The molecule has 3 aromatic rings. The van der Waals surface area contributed by atoms with Gasteiger partial charge in [0.05, 0.1) is 11.2 Å². The van der Waals surface area contributed by atoms with Crippen molar-refractivity contribution < 1.29 is 0 Å². The SMILES string of the molecule is CCCn1nc(C)c(-c2ccc3ncnc(C)c3c2)c1C. The first kappa shape index (κ1) is 13.7. The standard InChI is InChI=1S/C17H20N4/c1-5-8-21-13(4)17(12(3)20-21)14-6-7-16-15(9-14)11(2)18-10-19-16/h6-7,9-10H,5,8H2,1-4H3. The van der Waals surface area contributed by atoms with Gasteiger partial charge in [-0.25, -0.2) is 9.97 Å². The first-order chi connectivity index (χ1) is 10.1. The summed E-state index contributed by atoms with van der Waals surface area (Å²) in [6.07, 6.45) is 2.71. The van der Waals surface area contributed by atoms with Crippen LogP contribution in [0.25, 0.3) is 22.0 Å². The lowest BCUT2D eigenvalue weighted by molar-refractivity contribution is 0.583. The fourth-order valence-corrected chi connectivity index (χ4v) is 2.89. The molecule has 0 N–H and O–H groups in total. The number of nitrogens with zero attached hydrogens (tertiary/aromatic N) is 4. The molecule has 0 radical (unpaired) electrons. The summed E-state index contributed by atoms with van der Waals surface area (Å²) in [5.74, 6) is 0. The van der Waals surface area contributed by atoms with Gasteiger partial charge in [0.25, 0.3) is 0 Å². The number of hydrogen-bond acceptors (Lipinski definition) is 3. The highest BCUT2D eigenvalue weighted by Gasteiger charge is 2.14. The third-order valence-corrected chi connectivity index (χ3v) is 3.94. The van der Waals surface area contributed by atoms with Gasteiger partial charge in [0.1, 0.15) is 6.33 Å². The van der Waals surface area contributed by atoms with Crippen molar-refractivity contribution in [1.82, 2.24) is 19.7 Å². The molecule has 0 saturated carbocycles. The second kappa shape index (κ2) is 5.28. The Bertz CT molecular complexity index is 802. The maximum Gasteiger partial charge on any atom is 0.116 e. The van der Waals surface area contributed by atoms with Crippen LogP contribution in [-0.2, 0) is 6.54 Å². The van der Waals surface area contributed by atoms with Crippen LogP contribution in [0.1, 0.15) is 30.4 Å². The van der Waals surface area contributed by atoms with Gasteiger partial charge in [-0.3, -0.25) is 4.68 Å². The van der Waals surface area contributed by atoms with E-state index in [-0.39, 0.29) is 0 Å². The van der Waals surface area contributed by atoms with E-state index in [4.69, 9.17) is 0 Å². The Morgan fingerprint density at radius 2 is 1.86 bits per heavy atom. The van der Waals surface area contributed by atoms with Gasteiger partial charge < -0.3 is 0 Å². The van der Waals surface area contributed by atoms with E-state index in [0.29, 0.717) is 0 Å². The van der Waals surface area contributed by atoms with Gasteiger partial charge in [0, 0.05) is 28.9 Å². The normalized spacial score (nSPS) is 11.2. The summed E-state index contributed by atoms with van der Waals surface area (Å²) < 4.78 is 2.10. The Labute approximate surface area is 124 Å². The van der Waals surface area contributed by atoms with Gasteiger partial charge in [0.2, 0.25) is 0 Å². The van der Waals surface area contributed by atoms with Crippen LogP contribution in [0.4, 0.5) is 0 Å². The first-order valence-corrected chi connectivity index (χ1v) is 7.37. The highest BCUT2D eigenvalue weighted by molar-refractivity contribution is 5.86. The van der Waals surface area contributed by atoms with E-state index >= 15 is 0 Å². The minimum absolute atomic E-state index is 0.961. The predicted molar refractivity (Wildman–Crippen MR) is 85.3 cm³/mol. The van der Waals surface area contributed by atoms with Crippen LogP contribution in [0.5, 0.6) is 0 Å². The molecular weight excluding hydrogens is 260 g/mol. The molecule has 0 saturated heterocycles. The van der Waals surface area contributed by atoms with Crippen molar-refractivity contribution in [3.05, 3.63) is 41.6 Å². The van der Waals surface area contributed by atoms with Crippen molar-refractivity contribution in [2.24, 2.45) is 0 Å². The largest absolute Gasteiger partial charge is 0.269 e. The molecule has 0 fully saturated rings. The maximum atomic E-state index is 4.66. The Morgan fingerprint density at radius 3 is 2.62 bits per heavy atom. The Kier molecular flexibility index (Phi) is 3.45. The lowest BCUT2D eigenvalue weighted by atomic mass is 10.0. The quantitative estimate of drug-likeness (QED) is 0.732. The average Bonchev–Trinajstić information content (AvgIpc) is 2.74. The fourth-order valence-electron chi connectivity index (χ4n) is 2.89. The molecule has 4 nitrogen and oxygen atoms in total. The zero-order valence-corrected chi connectivity index (χ0v) is 13.0. The molecular formula is C17H20N4. The van der Waals surface area contributed by atoms with E-state index in [1.807, 2.05) is 6.92 Å². The van der Waals surface area contributed by atoms with E-state index < -0.39 is 0 Å². The highest BCUT2D eigenvalue weighted by atomic mass is 15.3. The second-order valence-electron chi connectivity index (χ2n) is 5.46. The smallest absolute Gasteiger partial charge is 0.116 e. The van der Waals surface area contributed by atoms with Crippen molar-refractivity contribution in [3.8, 4) is 11.1 Å².